The maximum Gasteiger partial charge on any atom is 0.272 e. The molecule has 3 atom stereocenters. The smallest absolute Gasteiger partial charge is 0.272 e. The Morgan fingerprint density at radius 3 is 2.06 bits per heavy atom. The van der Waals surface area contributed by atoms with E-state index < -0.39 is 21.0 Å². The Kier molecular flexibility index (Phi) is 3.54. The van der Waals surface area contributed by atoms with Gasteiger partial charge in [-0.05, 0) is 31.1 Å². The highest BCUT2D eigenvalue weighted by Gasteiger charge is 2.57. The minimum atomic E-state index is -3.96. The largest absolute Gasteiger partial charge is 0.372 e. The van der Waals surface area contributed by atoms with E-state index in [1.165, 1.54) is 0 Å². The zero-order valence-electron chi connectivity index (χ0n) is 10.6. The first kappa shape index (κ1) is 13.3. The maximum absolute atomic E-state index is 11.4. The first-order valence-corrected chi connectivity index (χ1v) is 8.02. The van der Waals surface area contributed by atoms with Crippen LogP contribution in [0.1, 0.15) is 46.0 Å². The van der Waals surface area contributed by atoms with Gasteiger partial charge in [0.2, 0.25) is 0 Å². The van der Waals surface area contributed by atoms with Crippen molar-refractivity contribution in [1.82, 2.24) is 0 Å². The molecule has 5 heteroatoms. The Morgan fingerprint density at radius 1 is 1.24 bits per heavy atom. The van der Waals surface area contributed by atoms with E-state index in [-0.39, 0.29) is 6.61 Å². The zero-order valence-corrected chi connectivity index (χ0v) is 11.4. The van der Waals surface area contributed by atoms with Crippen molar-refractivity contribution in [2.24, 2.45) is 11.8 Å². The normalized spacial score (nSPS) is 42.4. The SMILES string of the molecule is CCC1CC(CC)CC2(C1)OCC2S(=O)(=O)O. The summed E-state index contributed by atoms with van der Waals surface area (Å²) in [6.45, 7) is 4.43. The second kappa shape index (κ2) is 4.52. The molecule has 17 heavy (non-hydrogen) atoms. The second-order valence-corrected chi connectivity index (χ2v) is 7.17. The Balaban J connectivity index is 2.19. The molecule has 0 aromatic rings. The van der Waals surface area contributed by atoms with Crippen molar-refractivity contribution in [2.45, 2.75) is 56.8 Å². The van der Waals surface area contributed by atoms with Crippen LogP contribution in [0.2, 0.25) is 0 Å². The van der Waals surface area contributed by atoms with Crippen LogP contribution in [0.25, 0.3) is 0 Å². The van der Waals surface area contributed by atoms with Crippen molar-refractivity contribution in [3.05, 3.63) is 0 Å². The molecule has 1 aliphatic carbocycles. The molecule has 2 rings (SSSR count). The lowest BCUT2D eigenvalue weighted by Gasteiger charge is -2.53. The van der Waals surface area contributed by atoms with Crippen LogP contribution >= 0.6 is 0 Å². The van der Waals surface area contributed by atoms with Crippen LogP contribution in [0.5, 0.6) is 0 Å². The third-order valence-corrected chi connectivity index (χ3v) is 5.84. The summed E-state index contributed by atoms with van der Waals surface area (Å²) in [4.78, 5) is 0. The molecule has 0 aromatic carbocycles. The van der Waals surface area contributed by atoms with Crippen LogP contribution in [-0.4, -0.2) is 30.4 Å². The fourth-order valence-corrected chi connectivity index (χ4v) is 4.49. The monoisotopic (exact) mass is 262 g/mol. The summed E-state index contributed by atoms with van der Waals surface area (Å²) in [7, 11) is -3.96. The number of hydrogen-bond donors (Lipinski definition) is 1. The molecule has 1 saturated heterocycles. The fraction of sp³-hybridized carbons (Fsp3) is 1.00. The van der Waals surface area contributed by atoms with Gasteiger partial charge in [-0.1, -0.05) is 26.7 Å². The first-order valence-electron chi connectivity index (χ1n) is 6.51. The van der Waals surface area contributed by atoms with Gasteiger partial charge in [0.1, 0.15) is 5.25 Å². The molecule has 4 nitrogen and oxygen atoms in total. The molecule has 0 radical (unpaired) electrons. The van der Waals surface area contributed by atoms with Crippen molar-refractivity contribution < 1.29 is 17.7 Å². The van der Waals surface area contributed by atoms with Crippen LogP contribution in [0.3, 0.4) is 0 Å². The van der Waals surface area contributed by atoms with Gasteiger partial charge in [-0.2, -0.15) is 8.42 Å². The Labute approximate surface area is 103 Å². The first-order chi connectivity index (χ1) is 7.91. The average molecular weight is 262 g/mol. The quantitative estimate of drug-likeness (QED) is 0.792. The highest BCUT2D eigenvalue weighted by Crippen LogP contribution is 2.49. The second-order valence-electron chi connectivity index (χ2n) is 5.57. The van der Waals surface area contributed by atoms with Crippen LogP contribution in [0.15, 0.2) is 0 Å². The summed E-state index contributed by atoms with van der Waals surface area (Å²) in [6.07, 6.45) is 4.84. The molecule has 0 amide bonds. The van der Waals surface area contributed by atoms with Gasteiger partial charge in [0.05, 0.1) is 12.2 Å². The molecule has 0 bridgehead atoms. The average Bonchev–Trinajstić information content (AvgIpc) is 2.24. The van der Waals surface area contributed by atoms with Crippen molar-refractivity contribution >= 4 is 10.1 Å². The van der Waals surface area contributed by atoms with Gasteiger partial charge >= 0.3 is 0 Å². The zero-order chi connectivity index (χ0) is 12.7. The Morgan fingerprint density at radius 2 is 1.76 bits per heavy atom. The Bertz CT molecular complexity index is 364. The lowest BCUT2D eigenvalue weighted by atomic mass is 9.67. The summed E-state index contributed by atoms with van der Waals surface area (Å²) in [5.74, 6) is 1.05. The van der Waals surface area contributed by atoms with Crippen LogP contribution in [-0.2, 0) is 14.9 Å². The Hall–Kier alpha value is -0.130. The highest BCUT2D eigenvalue weighted by atomic mass is 32.2. The van der Waals surface area contributed by atoms with Crippen molar-refractivity contribution in [3.8, 4) is 0 Å². The minimum Gasteiger partial charge on any atom is -0.372 e. The summed E-state index contributed by atoms with van der Waals surface area (Å²) >= 11 is 0. The van der Waals surface area contributed by atoms with E-state index in [4.69, 9.17) is 4.74 Å². The van der Waals surface area contributed by atoms with E-state index in [1.807, 2.05) is 0 Å². The molecule has 100 valence electrons. The maximum atomic E-state index is 11.4. The molecule has 1 spiro atoms. The molecule has 2 aliphatic rings. The molecule has 1 N–H and O–H groups in total. The van der Waals surface area contributed by atoms with Gasteiger partial charge in [0.25, 0.3) is 10.1 Å². The number of ether oxygens (including phenoxy) is 1. The standard InChI is InChI=1S/C12H22O4S/c1-3-9-5-10(4-2)7-12(6-9)11(8-16-12)17(13,14)15/h9-11H,3-8H2,1-2H3,(H,13,14,15). The lowest BCUT2D eigenvalue weighted by molar-refractivity contribution is -0.180. The predicted octanol–water partition coefficient (Wildman–Crippen LogP) is 2.25. The van der Waals surface area contributed by atoms with Gasteiger partial charge in [0, 0.05) is 0 Å². The van der Waals surface area contributed by atoms with E-state index in [0.29, 0.717) is 11.8 Å². The van der Waals surface area contributed by atoms with E-state index in [9.17, 15) is 13.0 Å². The summed E-state index contributed by atoms with van der Waals surface area (Å²) in [5, 5.41) is -0.696. The molecular weight excluding hydrogens is 240 g/mol. The van der Waals surface area contributed by atoms with Crippen molar-refractivity contribution in [3.63, 3.8) is 0 Å². The molecule has 3 unspecified atom stereocenters. The minimum absolute atomic E-state index is 0.158. The van der Waals surface area contributed by atoms with Gasteiger partial charge in [-0.3, -0.25) is 4.55 Å². The molecular formula is C12H22O4S. The van der Waals surface area contributed by atoms with E-state index in [2.05, 4.69) is 13.8 Å². The predicted molar refractivity (Wildman–Crippen MR) is 65.4 cm³/mol. The van der Waals surface area contributed by atoms with E-state index in [0.717, 1.165) is 32.1 Å². The van der Waals surface area contributed by atoms with E-state index >= 15 is 0 Å². The molecule has 2 fully saturated rings. The molecule has 1 heterocycles. The van der Waals surface area contributed by atoms with Gasteiger partial charge in [-0.25, -0.2) is 0 Å². The topological polar surface area (TPSA) is 63.6 Å². The van der Waals surface area contributed by atoms with Crippen molar-refractivity contribution in [2.75, 3.05) is 6.61 Å². The highest BCUT2D eigenvalue weighted by molar-refractivity contribution is 7.86. The summed E-state index contributed by atoms with van der Waals surface area (Å²) < 4.78 is 37.6. The number of rotatable bonds is 3. The molecule has 0 aromatic heterocycles. The van der Waals surface area contributed by atoms with Crippen LogP contribution < -0.4 is 0 Å². The van der Waals surface area contributed by atoms with E-state index in [1.54, 1.807) is 0 Å². The molecule has 1 saturated carbocycles. The third kappa shape index (κ3) is 2.37. The summed E-state index contributed by atoms with van der Waals surface area (Å²) in [5.41, 5.74) is -0.590. The van der Waals surface area contributed by atoms with Crippen LogP contribution in [0, 0.1) is 11.8 Å². The number of hydrogen-bond acceptors (Lipinski definition) is 3. The van der Waals surface area contributed by atoms with Gasteiger partial charge in [0.15, 0.2) is 0 Å². The van der Waals surface area contributed by atoms with Crippen LogP contribution in [0.4, 0.5) is 0 Å². The lowest BCUT2D eigenvalue weighted by Crippen LogP contribution is -2.64. The van der Waals surface area contributed by atoms with Crippen molar-refractivity contribution in [1.29, 1.82) is 0 Å². The summed E-state index contributed by atoms with van der Waals surface area (Å²) in [6, 6.07) is 0. The van der Waals surface area contributed by atoms with Gasteiger partial charge < -0.3 is 4.74 Å². The molecule has 1 aliphatic heterocycles. The van der Waals surface area contributed by atoms with Gasteiger partial charge in [-0.15, -0.1) is 0 Å². The fourth-order valence-electron chi connectivity index (χ4n) is 3.45. The third-order valence-electron chi connectivity index (χ3n) is 4.56.